The Morgan fingerprint density at radius 1 is 1.16 bits per heavy atom. The number of benzene rings is 2. The predicted octanol–water partition coefficient (Wildman–Crippen LogP) is 2.97. The van der Waals surface area contributed by atoms with Crippen molar-refractivity contribution in [1.82, 2.24) is 20.4 Å². The van der Waals surface area contributed by atoms with Crippen LogP contribution in [0.15, 0.2) is 59.0 Å². The average Bonchev–Trinajstić information content (AvgIpc) is 3.27. The average molecular weight is 422 g/mol. The molecule has 1 atom stereocenters. The summed E-state index contributed by atoms with van der Waals surface area (Å²) in [5.41, 5.74) is 1.64. The lowest BCUT2D eigenvalue weighted by Crippen LogP contribution is -2.46. The molecule has 0 spiro atoms. The van der Waals surface area contributed by atoms with Crippen molar-refractivity contribution in [2.24, 2.45) is 5.92 Å². The van der Waals surface area contributed by atoms with Crippen LogP contribution in [-0.4, -0.2) is 40.0 Å². The van der Waals surface area contributed by atoms with E-state index in [1.165, 1.54) is 12.1 Å². The molecule has 0 bridgehead atoms. The van der Waals surface area contributed by atoms with Crippen LogP contribution in [0.1, 0.15) is 24.3 Å². The Hall–Kier alpha value is -3.55. The van der Waals surface area contributed by atoms with Gasteiger partial charge >= 0.3 is 0 Å². The van der Waals surface area contributed by atoms with E-state index in [0.29, 0.717) is 44.1 Å². The molecule has 0 unspecified atom stereocenters. The lowest BCUT2D eigenvalue weighted by atomic mass is 9.96. The fourth-order valence-corrected chi connectivity index (χ4v) is 3.63. The largest absolute Gasteiger partial charge is 0.419 e. The van der Waals surface area contributed by atoms with Crippen LogP contribution in [-0.2, 0) is 22.6 Å². The number of amides is 2. The maximum absolute atomic E-state index is 13.3. The molecule has 0 saturated carbocycles. The van der Waals surface area contributed by atoms with Gasteiger partial charge in [-0.15, -0.1) is 10.2 Å². The Bertz CT molecular complexity index is 1050. The summed E-state index contributed by atoms with van der Waals surface area (Å²) in [6.45, 7) is 0.932. The zero-order valence-corrected chi connectivity index (χ0v) is 17.0. The summed E-state index contributed by atoms with van der Waals surface area (Å²) in [6.07, 6.45) is 1.36. The van der Waals surface area contributed by atoms with Crippen LogP contribution in [0, 0.1) is 11.7 Å². The number of rotatable bonds is 7. The molecule has 0 aliphatic carbocycles. The number of carbonyl (C=O) groups is 2. The van der Waals surface area contributed by atoms with Gasteiger partial charge in [0.25, 0.3) is 0 Å². The summed E-state index contributed by atoms with van der Waals surface area (Å²) in [7, 11) is 0. The van der Waals surface area contributed by atoms with Crippen molar-refractivity contribution in [1.29, 1.82) is 0 Å². The zero-order chi connectivity index (χ0) is 21.6. The molecule has 4 rings (SSSR count). The molecule has 1 aromatic heterocycles. The second-order valence-electron chi connectivity index (χ2n) is 7.54. The third-order valence-corrected chi connectivity index (χ3v) is 5.33. The summed E-state index contributed by atoms with van der Waals surface area (Å²) >= 11 is 0. The zero-order valence-electron chi connectivity index (χ0n) is 17.0. The molecule has 1 aliphatic rings. The maximum Gasteiger partial charge on any atom is 0.247 e. The van der Waals surface area contributed by atoms with Gasteiger partial charge in [-0.05, 0) is 42.7 Å². The van der Waals surface area contributed by atoms with Gasteiger partial charge < -0.3 is 14.6 Å². The van der Waals surface area contributed by atoms with Crippen molar-refractivity contribution in [3.63, 3.8) is 0 Å². The summed E-state index contributed by atoms with van der Waals surface area (Å²) < 4.78 is 19.0. The molecule has 1 fully saturated rings. The molecule has 2 heterocycles. The molecular formula is C23H23FN4O3. The highest BCUT2D eigenvalue weighted by atomic mass is 19.1. The van der Waals surface area contributed by atoms with Crippen molar-refractivity contribution < 1.29 is 18.4 Å². The Kier molecular flexibility index (Phi) is 6.35. The topological polar surface area (TPSA) is 88.3 Å². The van der Waals surface area contributed by atoms with E-state index in [4.69, 9.17) is 4.42 Å². The van der Waals surface area contributed by atoms with Crippen LogP contribution in [0.2, 0.25) is 0 Å². The van der Waals surface area contributed by atoms with E-state index < -0.39 is 0 Å². The molecule has 31 heavy (non-hydrogen) atoms. The first kappa shape index (κ1) is 20.7. The first-order valence-corrected chi connectivity index (χ1v) is 10.3. The highest BCUT2D eigenvalue weighted by molar-refractivity contribution is 5.83. The van der Waals surface area contributed by atoms with E-state index in [1.54, 1.807) is 11.0 Å². The van der Waals surface area contributed by atoms with Gasteiger partial charge in [-0.3, -0.25) is 9.59 Å². The molecule has 8 heteroatoms. The SMILES string of the molecule is O=C(NCc1nnc(-c2ccccc2)o1)[C@H]1CCC(=O)N(CCc2cccc(F)c2)C1. The van der Waals surface area contributed by atoms with Crippen LogP contribution in [0.5, 0.6) is 0 Å². The van der Waals surface area contributed by atoms with Crippen molar-refractivity contribution in [2.45, 2.75) is 25.8 Å². The molecule has 3 aromatic rings. The van der Waals surface area contributed by atoms with Gasteiger partial charge in [-0.2, -0.15) is 0 Å². The number of nitrogens with one attached hydrogen (secondary N) is 1. The Labute approximate surface area is 179 Å². The minimum atomic E-state index is -0.304. The Morgan fingerprint density at radius 3 is 2.81 bits per heavy atom. The smallest absolute Gasteiger partial charge is 0.247 e. The molecule has 0 radical (unpaired) electrons. The number of nitrogens with zero attached hydrogens (tertiary/aromatic N) is 3. The maximum atomic E-state index is 13.3. The number of halogens is 1. The van der Waals surface area contributed by atoms with Gasteiger partial charge in [0.2, 0.25) is 23.6 Å². The highest BCUT2D eigenvalue weighted by Gasteiger charge is 2.30. The Morgan fingerprint density at radius 2 is 2.00 bits per heavy atom. The fraction of sp³-hybridized carbons (Fsp3) is 0.304. The van der Waals surface area contributed by atoms with E-state index >= 15 is 0 Å². The van der Waals surface area contributed by atoms with E-state index in [-0.39, 0.29) is 30.1 Å². The third-order valence-electron chi connectivity index (χ3n) is 5.33. The summed E-state index contributed by atoms with van der Waals surface area (Å²) in [6, 6.07) is 15.7. The van der Waals surface area contributed by atoms with Gasteiger partial charge in [-0.25, -0.2) is 4.39 Å². The first-order valence-electron chi connectivity index (χ1n) is 10.3. The van der Waals surface area contributed by atoms with Crippen LogP contribution < -0.4 is 5.32 Å². The lowest BCUT2D eigenvalue weighted by molar-refractivity contribution is -0.138. The van der Waals surface area contributed by atoms with Crippen LogP contribution in [0.25, 0.3) is 11.5 Å². The number of likely N-dealkylation sites (tertiary alicyclic amines) is 1. The van der Waals surface area contributed by atoms with E-state index in [2.05, 4.69) is 15.5 Å². The molecule has 1 saturated heterocycles. The molecule has 1 aliphatic heterocycles. The highest BCUT2D eigenvalue weighted by Crippen LogP contribution is 2.20. The molecular weight excluding hydrogens is 399 g/mol. The number of carbonyl (C=O) groups excluding carboxylic acids is 2. The molecule has 160 valence electrons. The molecule has 2 aromatic carbocycles. The minimum Gasteiger partial charge on any atom is -0.419 e. The van der Waals surface area contributed by atoms with Gasteiger partial charge in [-0.1, -0.05) is 30.3 Å². The lowest BCUT2D eigenvalue weighted by Gasteiger charge is -2.32. The summed E-state index contributed by atoms with van der Waals surface area (Å²) in [5, 5.41) is 10.8. The van der Waals surface area contributed by atoms with Crippen LogP contribution in [0.4, 0.5) is 4.39 Å². The van der Waals surface area contributed by atoms with Gasteiger partial charge in [0.05, 0.1) is 12.5 Å². The second kappa shape index (κ2) is 9.51. The number of hydrogen-bond acceptors (Lipinski definition) is 5. The molecule has 2 amide bonds. The number of aromatic nitrogens is 2. The van der Waals surface area contributed by atoms with Crippen molar-refractivity contribution >= 4 is 11.8 Å². The molecule has 7 nitrogen and oxygen atoms in total. The quantitative estimate of drug-likeness (QED) is 0.632. The minimum absolute atomic E-state index is 0.0184. The summed E-state index contributed by atoms with van der Waals surface area (Å²) in [5.74, 6) is -0.0100. The van der Waals surface area contributed by atoms with Gasteiger partial charge in [0.15, 0.2) is 0 Å². The standard InChI is InChI=1S/C23H23FN4O3/c24-19-8-4-5-16(13-19)11-12-28-15-18(9-10-21(28)29)22(30)25-14-20-26-27-23(31-20)17-6-2-1-3-7-17/h1-8,13,18H,9-12,14-15H2,(H,25,30)/t18-/m0/s1. The van der Waals surface area contributed by atoms with E-state index in [0.717, 1.165) is 11.1 Å². The van der Waals surface area contributed by atoms with Crippen molar-refractivity contribution in [3.05, 3.63) is 71.9 Å². The monoisotopic (exact) mass is 422 g/mol. The second-order valence-corrected chi connectivity index (χ2v) is 7.54. The number of piperidine rings is 1. The van der Waals surface area contributed by atoms with Crippen LogP contribution in [0.3, 0.4) is 0 Å². The van der Waals surface area contributed by atoms with Gasteiger partial charge in [0, 0.05) is 25.1 Å². The van der Waals surface area contributed by atoms with Gasteiger partial charge in [0.1, 0.15) is 5.82 Å². The normalized spacial score (nSPS) is 16.4. The predicted molar refractivity (Wildman–Crippen MR) is 111 cm³/mol. The number of hydrogen-bond donors (Lipinski definition) is 1. The Balaban J connectivity index is 1.29. The van der Waals surface area contributed by atoms with E-state index in [9.17, 15) is 14.0 Å². The summed E-state index contributed by atoms with van der Waals surface area (Å²) in [4.78, 5) is 26.6. The van der Waals surface area contributed by atoms with E-state index in [1.807, 2.05) is 36.4 Å². The fourth-order valence-electron chi connectivity index (χ4n) is 3.63. The van der Waals surface area contributed by atoms with Crippen LogP contribution >= 0.6 is 0 Å². The van der Waals surface area contributed by atoms with Crippen molar-refractivity contribution in [2.75, 3.05) is 13.1 Å². The third kappa shape index (κ3) is 5.33. The van der Waals surface area contributed by atoms with Crippen molar-refractivity contribution in [3.8, 4) is 11.5 Å². The first-order chi connectivity index (χ1) is 15.1. The molecule has 1 N–H and O–H groups in total.